The van der Waals surface area contributed by atoms with Crippen LogP contribution < -0.4 is 15.5 Å². The van der Waals surface area contributed by atoms with Crippen molar-refractivity contribution in [1.82, 2.24) is 5.32 Å². The Morgan fingerprint density at radius 3 is 1.76 bits per heavy atom. The second-order valence-corrected chi connectivity index (χ2v) is 8.34. The van der Waals surface area contributed by atoms with Gasteiger partial charge in [0.05, 0.1) is 12.5 Å². The summed E-state index contributed by atoms with van der Waals surface area (Å²) in [5, 5.41) is 32.7. The van der Waals surface area contributed by atoms with Crippen LogP contribution in [0.15, 0.2) is 4.99 Å². The van der Waals surface area contributed by atoms with Gasteiger partial charge in [0, 0.05) is 24.9 Å². The van der Waals surface area contributed by atoms with Crippen LogP contribution in [-0.2, 0) is 14.4 Å². The number of unbranched alkanes of at least 4 members (excludes halogenated alkanes) is 8. The van der Waals surface area contributed by atoms with E-state index in [1.165, 1.54) is 32.1 Å². The fraction of sp³-hybridized carbons (Fsp3) is 0.833. The molecule has 2 unspecified atom stereocenters. The molecular weight excluding hydrogens is 452 g/mol. The number of carboxylic acids is 2. The maximum atomic E-state index is 11.4. The summed E-state index contributed by atoms with van der Waals surface area (Å²) >= 11 is 0. The quantitative estimate of drug-likeness (QED) is 0.129. The van der Waals surface area contributed by atoms with Gasteiger partial charge < -0.3 is 30.4 Å². The smallest absolute Gasteiger partial charge is 0.862 e. The fourth-order valence-electron chi connectivity index (χ4n) is 3.03. The van der Waals surface area contributed by atoms with Gasteiger partial charge in [0.1, 0.15) is 0 Å². The van der Waals surface area contributed by atoms with Gasteiger partial charge in [-0.3, -0.25) is 9.59 Å². The van der Waals surface area contributed by atoms with Crippen LogP contribution in [0.2, 0.25) is 0 Å². The van der Waals surface area contributed by atoms with Crippen molar-refractivity contribution in [3.63, 3.8) is 0 Å². The normalized spacial score (nSPS) is 12.5. The zero-order valence-corrected chi connectivity index (χ0v) is 23.4. The maximum absolute atomic E-state index is 11.4. The number of hydrogen-bond donors (Lipinski definition) is 2. The molecule has 0 aromatic rings. The van der Waals surface area contributed by atoms with Crippen molar-refractivity contribution in [2.24, 2.45) is 4.99 Å². The molecule has 188 valence electrons. The van der Waals surface area contributed by atoms with Gasteiger partial charge in [-0.15, -0.1) is 0 Å². The minimum atomic E-state index is -1.16. The van der Waals surface area contributed by atoms with Crippen LogP contribution >= 0.6 is 0 Å². The second kappa shape index (κ2) is 25.8. The van der Waals surface area contributed by atoms with Crippen molar-refractivity contribution in [3.8, 4) is 0 Å². The molecule has 2 atom stereocenters. The number of hydrogen-bond acceptors (Lipinski definition) is 6. The third kappa shape index (κ3) is 31.1. The Kier molecular flexibility index (Phi) is 28.6. The number of nitrogens with one attached hydrogen (secondary N) is 1. The summed E-state index contributed by atoms with van der Waals surface area (Å²) in [4.78, 5) is 35.8. The molecular formula is C24H44CaN2O6. The van der Waals surface area contributed by atoms with Gasteiger partial charge in [-0.2, -0.15) is 0 Å². The summed E-state index contributed by atoms with van der Waals surface area (Å²) in [6, 6.07) is -0.742. The summed E-state index contributed by atoms with van der Waals surface area (Å²) < 4.78 is 0. The van der Waals surface area contributed by atoms with E-state index in [-0.39, 0.29) is 68.4 Å². The molecule has 33 heavy (non-hydrogen) atoms. The Balaban J connectivity index is -0.000000529. The van der Waals surface area contributed by atoms with Crippen molar-refractivity contribution < 1.29 is 29.7 Å². The first kappa shape index (κ1) is 36.7. The molecule has 0 saturated heterocycles. The van der Waals surface area contributed by atoms with E-state index >= 15 is 0 Å². The number of aliphatic carboxylic acids is 2. The monoisotopic (exact) mass is 496 g/mol. The van der Waals surface area contributed by atoms with Gasteiger partial charge >= 0.3 is 43.7 Å². The van der Waals surface area contributed by atoms with Gasteiger partial charge in [-0.1, -0.05) is 65.2 Å². The zero-order valence-electron chi connectivity index (χ0n) is 21.2. The Hall–Kier alpha value is -0.860. The molecule has 1 amide bonds. The summed E-state index contributed by atoms with van der Waals surface area (Å²) in [6.07, 6.45) is 11.7. The van der Waals surface area contributed by atoms with E-state index in [1.54, 1.807) is 13.8 Å². The van der Waals surface area contributed by atoms with Gasteiger partial charge in [0.2, 0.25) is 5.91 Å². The van der Waals surface area contributed by atoms with Crippen LogP contribution in [0.5, 0.6) is 0 Å². The molecule has 0 aromatic heterocycles. The first-order valence-electron chi connectivity index (χ1n) is 12.1. The summed E-state index contributed by atoms with van der Waals surface area (Å²) in [7, 11) is 0. The largest absolute Gasteiger partial charge is 2.00 e. The van der Waals surface area contributed by atoms with Crippen LogP contribution in [0.3, 0.4) is 0 Å². The topological polar surface area (TPSA) is 142 Å². The average Bonchev–Trinajstić information content (AvgIpc) is 2.66. The number of nitrogens with zero attached hydrogens (tertiary/aromatic N) is 1. The van der Waals surface area contributed by atoms with E-state index in [0.717, 1.165) is 32.1 Å². The summed E-state index contributed by atoms with van der Waals surface area (Å²) in [5.74, 6) is -2.27. The average molecular weight is 497 g/mol. The minimum absolute atomic E-state index is 0. The van der Waals surface area contributed by atoms with E-state index in [4.69, 9.17) is 5.11 Å². The van der Waals surface area contributed by atoms with E-state index in [0.29, 0.717) is 12.8 Å². The van der Waals surface area contributed by atoms with Crippen molar-refractivity contribution >= 4 is 61.5 Å². The second-order valence-electron chi connectivity index (χ2n) is 8.34. The first-order valence-corrected chi connectivity index (χ1v) is 12.1. The Morgan fingerprint density at radius 2 is 1.30 bits per heavy atom. The number of rotatable bonds is 18. The minimum Gasteiger partial charge on any atom is -0.862 e. The van der Waals surface area contributed by atoms with Gasteiger partial charge in [-0.25, -0.2) is 0 Å². The van der Waals surface area contributed by atoms with Crippen LogP contribution in [0.4, 0.5) is 0 Å². The molecule has 0 bridgehead atoms. The molecule has 0 rings (SSSR count). The number of amides is 1. The Labute approximate surface area is 230 Å². The van der Waals surface area contributed by atoms with Crippen molar-refractivity contribution in [2.75, 3.05) is 0 Å². The first-order chi connectivity index (χ1) is 15.1. The number of carbonyl (C=O) groups is 3. The van der Waals surface area contributed by atoms with Crippen LogP contribution in [0.25, 0.3) is 0 Å². The number of carbonyl (C=O) groups excluding carboxylic acids is 2. The molecule has 0 aromatic carbocycles. The number of carboxylic acid groups (broad SMARTS) is 2. The zero-order chi connectivity index (χ0) is 24.8. The third-order valence-corrected chi connectivity index (χ3v) is 4.72. The fourth-order valence-corrected chi connectivity index (χ4v) is 3.03. The summed E-state index contributed by atoms with van der Waals surface area (Å²) in [6.45, 7) is 7.62. The summed E-state index contributed by atoms with van der Waals surface area (Å²) in [5.41, 5.74) is 0. The maximum Gasteiger partial charge on any atom is 2.00 e. The standard InChI is InChI=1S/2C12H23NO3.Ca/c2*1-3-4-5-6-7-8-11(14)13-10(2)9-12(15)16;/h2*10H,3-9H2,1-2H3,(H,13,14)(H,15,16);/q;;+2/p-2. The number of aliphatic imine (C=N–C) groups is 1. The SMILES string of the molecule is CCCCCCCC(=O)NC(C)CC(=O)O.CCCCCCCC([O-])=NC(C)CC(=O)[O-].[Ca+2]. The predicted octanol–water partition coefficient (Wildman–Crippen LogP) is 2.58. The molecule has 0 fully saturated rings. The molecule has 0 aliphatic heterocycles. The molecule has 8 nitrogen and oxygen atoms in total. The van der Waals surface area contributed by atoms with Crippen LogP contribution in [0, 0.1) is 0 Å². The molecule has 0 radical (unpaired) electrons. The van der Waals surface area contributed by atoms with Crippen molar-refractivity contribution in [1.29, 1.82) is 0 Å². The van der Waals surface area contributed by atoms with E-state index in [9.17, 15) is 24.6 Å². The predicted molar refractivity (Wildman–Crippen MR) is 129 cm³/mol. The molecule has 0 spiro atoms. The molecule has 0 aliphatic carbocycles. The van der Waals surface area contributed by atoms with Crippen molar-refractivity contribution in [3.05, 3.63) is 0 Å². The van der Waals surface area contributed by atoms with Crippen LogP contribution in [-0.4, -0.2) is 78.7 Å². The third-order valence-electron chi connectivity index (χ3n) is 4.72. The van der Waals surface area contributed by atoms with Gasteiger partial charge in [0.15, 0.2) is 0 Å². The van der Waals surface area contributed by atoms with Gasteiger partial charge in [-0.05, 0) is 39.0 Å². The Bertz CT molecular complexity index is 543. The van der Waals surface area contributed by atoms with E-state index in [2.05, 4.69) is 24.2 Å². The van der Waals surface area contributed by atoms with E-state index in [1.807, 2.05) is 0 Å². The van der Waals surface area contributed by atoms with Crippen LogP contribution in [0.1, 0.15) is 118 Å². The molecule has 2 N–H and O–H groups in total. The van der Waals surface area contributed by atoms with E-state index < -0.39 is 18.0 Å². The van der Waals surface area contributed by atoms with Crippen molar-refractivity contribution in [2.45, 2.75) is 130 Å². The molecule has 0 heterocycles. The molecule has 0 saturated carbocycles. The Morgan fingerprint density at radius 1 is 0.818 bits per heavy atom. The molecule has 0 aliphatic rings. The molecule has 9 heteroatoms. The van der Waals surface area contributed by atoms with Gasteiger partial charge in [0.25, 0.3) is 0 Å².